The van der Waals surface area contributed by atoms with Crippen molar-refractivity contribution in [1.82, 2.24) is 5.32 Å². The van der Waals surface area contributed by atoms with E-state index in [1.54, 1.807) is 7.11 Å². The van der Waals surface area contributed by atoms with Crippen LogP contribution in [0.3, 0.4) is 0 Å². The van der Waals surface area contributed by atoms with Crippen molar-refractivity contribution in [2.45, 2.75) is 51.9 Å². The summed E-state index contributed by atoms with van der Waals surface area (Å²) >= 11 is 0. The maximum absolute atomic E-state index is 5.89. The maximum Gasteiger partial charge on any atom is 0.161 e. The van der Waals surface area contributed by atoms with Crippen LogP contribution >= 0.6 is 0 Å². The van der Waals surface area contributed by atoms with Gasteiger partial charge in [0, 0.05) is 12.1 Å². The Morgan fingerprint density at radius 1 is 1.04 bits per heavy atom. The van der Waals surface area contributed by atoms with E-state index in [2.05, 4.69) is 17.2 Å². The molecule has 1 N–H and O–H groups in total. The number of benzene rings is 1. The summed E-state index contributed by atoms with van der Waals surface area (Å²) in [5.74, 6) is 2.55. The lowest BCUT2D eigenvalue weighted by molar-refractivity contribution is 0.284. The topological polar surface area (TPSA) is 42.8 Å². The van der Waals surface area contributed by atoms with Crippen LogP contribution in [0.5, 0.6) is 11.5 Å². The van der Waals surface area contributed by atoms with E-state index in [9.17, 15) is 0 Å². The molecule has 1 aliphatic rings. The standard InChI is InChI=1S/C19H30N2O2/c1-3-4-5-6-7-8-9-14-23-17-11-10-16(15-18(17)22-2)19-20-12-13-21-19/h10-11,15H,3-9,12-14H2,1-2H3,(H,20,21). The van der Waals surface area contributed by atoms with Gasteiger partial charge in [-0.25, -0.2) is 0 Å². The summed E-state index contributed by atoms with van der Waals surface area (Å²) in [6.45, 7) is 4.76. The molecule has 23 heavy (non-hydrogen) atoms. The predicted molar refractivity (Wildman–Crippen MR) is 95.9 cm³/mol. The Hall–Kier alpha value is -1.71. The highest BCUT2D eigenvalue weighted by atomic mass is 16.5. The van der Waals surface area contributed by atoms with E-state index < -0.39 is 0 Å². The quantitative estimate of drug-likeness (QED) is 0.623. The van der Waals surface area contributed by atoms with Crippen LogP contribution in [0.25, 0.3) is 0 Å². The lowest BCUT2D eigenvalue weighted by Crippen LogP contribution is -2.19. The van der Waals surface area contributed by atoms with Crippen LogP contribution in [0.2, 0.25) is 0 Å². The second-order valence-corrected chi connectivity index (χ2v) is 5.99. The van der Waals surface area contributed by atoms with Gasteiger partial charge >= 0.3 is 0 Å². The number of unbranched alkanes of at least 4 members (excludes halogenated alkanes) is 6. The van der Waals surface area contributed by atoms with Gasteiger partial charge in [-0.05, 0) is 24.6 Å². The van der Waals surface area contributed by atoms with Gasteiger partial charge in [0.05, 0.1) is 20.3 Å². The van der Waals surface area contributed by atoms with E-state index in [0.717, 1.165) is 49.0 Å². The Morgan fingerprint density at radius 3 is 2.52 bits per heavy atom. The normalized spacial score (nSPS) is 13.6. The summed E-state index contributed by atoms with van der Waals surface area (Å²) in [5.41, 5.74) is 1.06. The molecule has 4 heteroatoms. The van der Waals surface area contributed by atoms with E-state index in [1.165, 1.54) is 38.5 Å². The lowest BCUT2D eigenvalue weighted by atomic mass is 10.1. The van der Waals surface area contributed by atoms with E-state index in [0.29, 0.717) is 0 Å². The SMILES string of the molecule is CCCCCCCCCOc1ccc(C2=NCCN2)cc1OC. The summed E-state index contributed by atoms with van der Waals surface area (Å²) in [4.78, 5) is 4.44. The zero-order valence-electron chi connectivity index (χ0n) is 14.6. The van der Waals surface area contributed by atoms with Gasteiger partial charge in [0.15, 0.2) is 11.5 Å². The van der Waals surface area contributed by atoms with Crippen molar-refractivity contribution in [2.75, 3.05) is 26.8 Å². The average Bonchev–Trinajstić information content (AvgIpc) is 3.12. The minimum Gasteiger partial charge on any atom is -0.493 e. The molecule has 0 saturated carbocycles. The van der Waals surface area contributed by atoms with Gasteiger partial charge in [0.25, 0.3) is 0 Å². The number of amidine groups is 1. The summed E-state index contributed by atoms with van der Waals surface area (Å²) in [6.07, 6.45) is 9.04. The van der Waals surface area contributed by atoms with Crippen LogP contribution in [0.1, 0.15) is 57.4 Å². The molecule has 0 bridgehead atoms. The van der Waals surface area contributed by atoms with E-state index in [-0.39, 0.29) is 0 Å². The number of ether oxygens (including phenoxy) is 2. The first kappa shape index (κ1) is 17.6. The van der Waals surface area contributed by atoms with Crippen molar-refractivity contribution < 1.29 is 9.47 Å². The third-order valence-corrected chi connectivity index (χ3v) is 4.12. The van der Waals surface area contributed by atoms with E-state index >= 15 is 0 Å². The molecule has 0 saturated heterocycles. The molecule has 1 heterocycles. The predicted octanol–water partition coefficient (Wildman–Crippen LogP) is 4.17. The molecule has 1 aromatic carbocycles. The Labute approximate surface area is 140 Å². The van der Waals surface area contributed by atoms with Gasteiger partial charge in [-0.2, -0.15) is 0 Å². The fraction of sp³-hybridized carbons (Fsp3) is 0.632. The Balaban J connectivity index is 1.74. The molecule has 128 valence electrons. The van der Waals surface area contributed by atoms with Crippen LogP contribution in [0, 0.1) is 0 Å². The highest BCUT2D eigenvalue weighted by Gasteiger charge is 2.12. The smallest absolute Gasteiger partial charge is 0.161 e. The molecular weight excluding hydrogens is 288 g/mol. The first-order valence-corrected chi connectivity index (χ1v) is 8.94. The first-order chi connectivity index (χ1) is 11.3. The third kappa shape index (κ3) is 5.77. The van der Waals surface area contributed by atoms with Crippen molar-refractivity contribution in [1.29, 1.82) is 0 Å². The molecule has 0 fully saturated rings. The summed E-state index contributed by atoms with van der Waals surface area (Å²) in [6, 6.07) is 6.02. The number of methoxy groups -OCH3 is 1. The molecule has 2 rings (SSSR count). The number of hydrogen-bond acceptors (Lipinski definition) is 4. The number of aliphatic imine (C=N–C) groups is 1. The largest absolute Gasteiger partial charge is 0.493 e. The van der Waals surface area contributed by atoms with Crippen molar-refractivity contribution >= 4 is 5.84 Å². The summed E-state index contributed by atoms with van der Waals surface area (Å²) in [5, 5.41) is 3.28. The van der Waals surface area contributed by atoms with Gasteiger partial charge in [0.2, 0.25) is 0 Å². The number of nitrogens with one attached hydrogen (secondary N) is 1. The highest BCUT2D eigenvalue weighted by molar-refractivity contribution is 6.00. The first-order valence-electron chi connectivity index (χ1n) is 8.94. The molecule has 1 aromatic rings. The van der Waals surface area contributed by atoms with E-state index in [1.807, 2.05) is 18.2 Å². The average molecular weight is 318 g/mol. The number of hydrogen-bond donors (Lipinski definition) is 1. The molecule has 0 spiro atoms. The molecule has 1 aliphatic heterocycles. The van der Waals surface area contributed by atoms with Crippen LogP contribution < -0.4 is 14.8 Å². The van der Waals surface area contributed by atoms with Gasteiger partial charge in [0.1, 0.15) is 5.84 Å². The molecule has 4 nitrogen and oxygen atoms in total. The molecule has 0 radical (unpaired) electrons. The lowest BCUT2D eigenvalue weighted by Gasteiger charge is -2.12. The number of nitrogens with zero attached hydrogens (tertiary/aromatic N) is 1. The van der Waals surface area contributed by atoms with Crippen molar-refractivity contribution in [3.8, 4) is 11.5 Å². The van der Waals surface area contributed by atoms with Crippen molar-refractivity contribution in [2.24, 2.45) is 4.99 Å². The number of rotatable bonds is 11. The van der Waals surface area contributed by atoms with Crippen molar-refractivity contribution in [3.63, 3.8) is 0 Å². The molecule has 0 aliphatic carbocycles. The summed E-state index contributed by atoms with van der Waals surface area (Å²) in [7, 11) is 1.68. The maximum atomic E-state index is 5.89. The van der Waals surface area contributed by atoms with Crippen molar-refractivity contribution in [3.05, 3.63) is 23.8 Å². The van der Waals surface area contributed by atoms with Crippen LogP contribution in [0.15, 0.2) is 23.2 Å². The molecule has 0 unspecified atom stereocenters. The van der Waals surface area contributed by atoms with Gasteiger partial charge in [-0.15, -0.1) is 0 Å². The monoisotopic (exact) mass is 318 g/mol. The fourth-order valence-corrected chi connectivity index (χ4v) is 2.77. The fourth-order valence-electron chi connectivity index (χ4n) is 2.77. The van der Waals surface area contributed by atoms with Crippen LogP contribution in [-0.2, 0) is 0 Å². The minimum absolute atomic E-state index is 0.753. The Kier molecular flexibility index (Phi) is 7.78. The molecule has 0 amide bonds. The van der Waals surface area contributed by atoms with Crippen LogP contribution in [0.4, 0.5) is 0 Å². The summed E-state index contributed by atoms with van der Waals surface area (Å²) < 4.78 is 11.3. The molecular formula is C19H30N2O2. The van der Waals surface area contributed by atoms with Gasteiger partial charge < -0.3 is 14.8 Å². The van der Waals surface area contributed by atoms with Gasteiger partial charge in [-0.3, -0.25) is 4.99 Å². The second kappa shape index (κ2) is 10.1. The van der Waals surface area contributed by atoms with Crippen LogP contribution in [-0.4, -0.2) is 32.6 Å². The third-order valence-electron chi connectivity index (χ3n) is 4.12. The Morgan fingerprint density at radius 2 is 1.83 bits per heavy atom. The minimum atomic E-state index is 0.753. The molecule has 0 atom stereocenters. The Bertz CT molecular complexity index is 500. The second-order valence-electron chi connectivity index (χ2n) is 5.99. The van der Waals surface area contributed by atoms with Gasteiger partial charge in [-0.1, -0.05) is 45.4 Å². The highest BCUT2D eigenvalue weighted by Crippen LogP contribution is 2.28. The van der Waals surface area contributed by atoms with E-state index in [4.69, 9.17) is 9.47 Å². The zero-order valence-corrected chi connectivity index (χ0v) is 14.6. The zero-order chi connectivity index (χ0) is 16.3. The molecule has 0 aromatic heterocycles.